The molecule has 0 bridgehead atoms. The Morgan fingerprint density at radius 2 is 2.20 bits per heavy atom. The molecule has 1 aromatic rings. The lowest BCUT2D eigenvalue weighted by Crippen LogP contribution is -2.21. The fourth-order valence-electron chi connectivity index (χ4n) is 1.38. The highest BCUT2D eigenvalue weighted by atomic mass is 79.9. The van der Waals surface area contributed by atoms with Crippen molar-refractivity contribution < 1.29 is 0 Å². The van der Waals surface area contributed by atoms with Gasteiger partial charge in [-0.3, -0.25) is 0 Å². The van der Waals surface area contributed by atoms with Gasteiger partial charge in [-0.2, -0.15) is 11.8 Å². The van der Waals surface area contributed by atoms with Crippen LogP contribution in [-0.4, -0.2) is 25.6 Å². The molecule has 1 nitrogen and oxygen atoms in total. The second kappa shape index (κ2) is 6.66. The van der Waals surface area contributed by atoms with Crippen molar-refractivity contribution in [3.05, 3.63) is 28.8 Å². The highest BCUT2D eigenvalue weighted by Gasteiger charge is 2.06. The van der Waals surface area contributed by atoms with Crippen molar-refractivity contribution in [2.75, 3.05) is 30.5 Å². The van der Waals surface area contributed by atoms with Gasteiger partial charge in [0, 0.05) is 35.4 Å². The van der Waals surface area contributed by atoms with Crippen LogP contribution in [0.3, 0.4) is 0 Å². The Labute approximate surface area is 109 Å². The molecule has 0 N–H and O–H groups in total. The quantitative estimate of drug-likeness (QED) is 0.755. The van der Waals surface area contributed by atoms with Gasteiger partial charge in [0.2, 0.25) is 0 Å². The second-order valence-corrected chi connectivity index (χ2v) is 5.30. The lowest BCUT2D eigenvalue weighted by Gasteiger charge is -2.21. The maximum Gasteiger partial charge on any atom is 0.0410 e. The van der Waals surface area contributed by atoms with Crippen LogP contribution in [0.15, 0.2) is 18.2 Å². The molecule has 1 rings (SSSR count). The van der Waals surface area contributed by atoms with Gasteiger partial charge in [-0.25, -0.2) is 0 Å². The van der Waals surface area contributed by atoms with E-state index in [4.69, 9.17) is 11.6 Å². The molecule has 0 heterocycles. The van der Waals surface area contributed by atoms with Crippen LogP contribution < -0.4 is 4.90 Å². The average Bonchev–Trinajstić information content (AvgIpc) is 2.25. The molecule has 0 spiro atoms. The molecular formula is C11H15BrClNS. The van der Waals surface area contributed by atoms with E-state index in [9.17, 15) is 0 Å². The number of benzene rings is 1. The van der Waals surface area contributed by atoms with Crippen molar-refractivity contribution >= 4 is 45.0 Å². The summed E-state index contributed by atoms with van der Waals surface area (Å²) in [6, 6.07) is 6.04. The fourth-order valence-corrected chi connectivity index (χ4v) is 2.48. The summed E-state index contributed by atoms with van der Waals surface area (Å²) in [6.07, 6.45) is 2.13. The molecule has 84 valence electrons. The van der Waals surface area contributed by atoms with E-state index < -0.39 is 0 Å². The van der Waals surface area contributed by atoms with E-state index in [0.29, 0.717) is 0 Å². The lowest BCUT2D eigenvalue weighted by molar-refractivity contribution is 0.970. The molecule has 0 aromatic heterocycles. The van der Waals surface area contributed by atoms with Gasteiger partial charge in [-0.15, -0.1) is 0 Å². The van der Waals surface area contributed by atoms with Crippen LogP contribution in [-0.2, 0) is 5.33 Å². The molecule has 0 atom stereocenters. The number of alkyl halides is 1. The molecule has 0 amide bonds. The summed E-state index contributed by atoms with van der Waals surface area (Å²) in [5.74, 6) is 1.14. The summed E-state index contributed by atoms with van der Waals surface area (Å²) in [6.45, 7) is 1.06. The van der Waals surface area contributed by atoms with Crippen LogP contribution in [0.2, 0.25) is 5.02 Å². The van der Waals surface area contributed by atoms with Crippen molar-refractivity contribution in [1.29, 1.82) is 0 Å². The highest BCUT2D eigenvalue weighted by Crippen LogP contribution is 2.25. The zero-order valence-electron chi connectivity index (χ0n) is 8.96. The van der Waals surface area contributed by atoms with E-state index in [1.54, 1.807) is 0 Å². The standard InChI is InChI=1S/C11H15BrClNS/c1-14(5-6-15-2)11-4-3-10(13)7-9(11)8-12/h3-4,7H,5-6,8H2,1-2H3. The summed E-state index contributed by atoms with van der Waals surface area (Å²) >= 11 is 11.3. The van der Waals surface area contributed by atoms with Crippen LogP contribution in [0.5, 0.6) is 0 Å². The Hall–Kier alpha value is 0.140. The van der Waals surface area contributed by atoms with E-state index >= 15 is 0 Å². The minimum Gasteiger partial charge on any atom is -0.374 e. The van der Waals surface area contributed by atoms with Crippen molar-refractivity contribution in [2.45, 2.75) is 5.33 Å². The van der Waals surface area contributed by atoms with Gasteiger partial charge in [0.05, 0.1) is 0 Å². The first-order valence-corrected chi connectivity index (χ1v) is 7.63. The maximum absolute atomic E-state index is 5.96. The van der Waals surface area contributed by atoms with E-state index in [-0.39, 0.29) is 0 Å². The zero-order chi connectivity index (χ0) is 11.3. The molecule has 15 heavy (non-hydrogen) atoms. The van der Waals surface area contributed by atoms with Crippen LogP contribution in [0.25, 0.3) is 0 Å². The molecule has 0 fully saturated rings. The Balaban J connectivity index is 2.82. The minimum absolute atomic E-state index is 0.798. The minimum atomic E-state index is 0.798. The summed E-state index contributed by atoms with van der Waals surface area (Å²) < 4.78 is 0. The molecular weight excluding hydrogens is 294 g/mol. The molecule has 0 radical (unpaired) electrons. The third-order valence-corrected chi connectivity index (χ3v) is 3.66. The van der Waals surface area contributed by atoms with Crippen LogP contribution in [0, 0.1) is 0 Å². The summed E-state index contributed by atoms with van der Waals surface area (Å²) in [7, 11) is 2.12. The Bertz CT molecular complexity index is 319. The summed E-state index contributed by atoms with van der Waals surface area (Å²) in [5.41, 5.74) is 2.50. The molecule has 0 aliphatic heterocycles. The van der Waals surface area contributed by atoms with Crippen molar-refractivity contribution in [3.8, 4) is 0 Å². The fraction of sp³-hybridized carbons (Fsp3) is 0.455. The highest BCUT2D eigenvalue weighted by molar-refractivity contribution is 9.08. The molecule has 1 aromatic carbocycles. The number of rotatable bonds is 5. The van der Waals surface area contributed by atoms with Gasteiger partial charge >= 0.3 is 0 Å². The number of hydrogen-bond acceptors (Lipinski definition) is 2. The first-order valence-electron chi connectivity index (χ1n) is 4.73. The first-order chi connectivity index (χ1) is 7.19. The Morgan fingerprint density at radius 3 is 2.80 bits per heavy atom. The van der Waals surface area contributed by atoms with E-state index in [1.165, 1.54) is 11.3 Å². The predicted octanol–water partition coefficient (Wildman–Crippen LogP) is 4.03. The van der Waals surface area contributed by atoms with Crippen LogP contribution in [0.1, 0.15) is 5.56 Å². The number of thioether (sulfide) groups is 1. The Morgan fingerprint density at radius 1 is 1.47 bits per heavy atom. The average molecular weight is 309 g/mol. The number of anilines is 1. The van der Waals surface area contributed by atoms with E-state index in [0.717, 1.165) is 22.7 Å². The van der Waals surface area contributed by atoms with Crippen molar-refractivity contribution in [2.24, 2.45) is 0 Å². The zero-order valence-corrected chi connectivity index (χ0v) is 12.1. The molecule has 0 unspecified atom stereocenters. The molecule has 0 saturated carbocycles. The third kappa shape index (κ3) is 3.89. The first kappa shape index (κ1) is 13.2. The van der Waals surface area contributed by atoms with E-state index in [2.05, 4.69) is 40.2 Å². The smallest absolute Gasteiger partial charge is 0.0410 e. The van der Waals surface area contributed by atoms with Crippen LogP contribution >= 0.6 is 39.3 Å². The SMILES string of the molecule is CSCCN(C)c1ccc(Cl)cc1CBr. The number of halogens is 2. The summed E-state index contributed by atoms with van der Waals surface area (Å²) in [5, 5.41) is 1.64. The van der Waals surface area contributed by atoms with Crippen molar-refractivity contribution in [3.63, 3.8) is 0 Å². The Kier molecular flexibility index (Phi) is 5.87. The van der Waals surface area contributed by atoms with Gasteiger partial charge in [0.25, 0.3) is 0 Å². The number of hydrogen-bond donors (Lipinski definition) is 0. The molecule has 0 aliphatic carbocycles. The van der Waals surface area contributed by atoms with Gasteiger partial charge in [-0.1, -0.05) is 27.5 Å². The predicted molar refractivity (Wildman–Crippen MR) is 75.7 cm³/mol. The van der Waals surface area contributed by atoms with Crippen LogP contribution in [0.4, 0.5) is 5.69 Å². The third-order valence-electron chi connectivity index (χ3n) is 2.23. The number of nitrogens with zero attached hydrogens (tertiary/aromatic N) is 1. The molecule has 4 heteroatoms. The van der Waals surface area contributed by atoms with Gasteiger partial charge in [-0.05, 0) is 30.0 Å². The molecule has 0 saturated heterocycles. The van der Waals surface area contributed by atoms with Gasteiger partial charge in [0.1, 0.15) is 0 Å². The maximum atomic E-state index is 5.96. The van der Waals surface area contributed by atoms with Gasteiger partial charge < -0.3 is 4.90 Å². The normalized spacial score (nSPS) is 10.4. The largest absolute Gasteiger partial charge is 0.374 e. The van der Waals surface area contributed by atoms with Crippen molar-refractivity contribution in [1.82, 2.24) is 0 Å². The van der Waals surface area contributed by atoms with E-state index in [1.807, 2.05) is 23.9 Å². The second-order valence-electron chi connectivity index (χ2n) is 3.32. The molecule has 0 aliphatic rings. The lowest BCUT2D eigenvalue weighted by atomic mass is 10.2. The monoisotopic (exact) mass is 307 g/mol. The topological polar surface area (TPSA) is 3.24 Å². The van der Waals surface area contributed by atoms with Gasteiger partial charge in [0.15, 0.2) is 0 Å². The summed E-state index contributed by atoms with van der Waals surface area (Å²) in [4.78, 5) is 2.27.